The van der Waals surface area contributed by atoms with Crippen LogP contribution >= 0.6 is 0 Å². The van der Waals surface area contributed by atoms with Crippen molar-refractivity contribution in [3.63, 3.8) is 0 Å². The van der Waals surface area contributed by atoms with E-state index in [0.717, 1.165) is 18.5 Å². The minimum Gasteiger partial charge on any atom is -0.345 e. The first-order valence-corrected chi connectivity index (χ1v) is 8.64. The molecule has 118 valence electrons. The van der Waals surface area contributed by atoms with E-state index in [-0.39, 0.29) is 10.8 Å². The van der Waals surface area contributed by atoms with Gasteiger partial charge in [-0.05, 0) is 30.0 Å². The van der Waals surface area contributed by atoms with Crippen molar-refractivity contribution in [2.24, 2.45) is 11.1 Å². The van der Waals surface area contributed by atoms with Crippen LogP contribution in [-0.2, 0) is 21.2 Å². The fourth-order valence-corrected chi connectivity index (χ4v) is 2.50. The SMILES string of the molecule is CCC(C)CN(C)C(=O)CCc1ccc(S(N)(=O)=O)cc1. The number of nitrogens with zero attached hydrogens (tertiary/aromatic N) is 1. The maximum absolute atomic E-state index is 12.0. The minimum absolute atomic E-state index is 0.0893. The third-order valence-corrected chi connectivity index (χ3v) is 4.52. The van der Waals surface area contributed by atoms with Crippen LogP contribution in [0.2, 0.25) is 0 Å². The number of sulfonamides is 1. The van der Waals surface area contributed by atoms with E-state index in [1.807, 2.05) is 7.05 Å². The molecule has 6 heteroatoms. The summed E-state index contributed by atoms with van der Waals surface area (Å²) in [6, 6.07) is 6.33. The van der Waals surface area contributed by atoms with Gasteiger partial charge in [0.2, 0.25) is 15.9 Å². The number of benzene rings is 1. The molecule has 0 aliphatic rings. The van der Waals surface area contributed by atoms with Crippen LogP contribution in [0.4, 0.5) is 0 Å². The van der Waals surface area contributed by atoms with Crippen molar-refractivity contribution in [3.8, 4) is 0 Å². The van der Waals surface area contributed by atoms with E-state index in [4.69, 9.17) is 5.14 Å². The van der Waals surface area contributed by atoms with Crippen molar-refractivity contribution in [2.75, 3.05) is 13.6 Å². The molecule has 0 spiro atoms. The quantitative estimate of drug-likeness (QED) is 0.833. The van der Waals surface area contributed by atoms with Gasteiger partial charge in [0, 0.05) is 20.0 Å². The van der Waals surface area contributed by atoms with Crippen LogP contribution in [-0.4, -0.2) is 32.8 Å². The molecule has 1 aromatic rings. The number of primary sulfonamides is 1. The maximum Gasteiger partial charge on any atom is 0.238 e. The lowest BCUT2D eigenvalue weighted by Crippen LogP contribution is -2.31. The summed E-state index contributed by atoms with van der Waals surface area (Å²) in [7, 11) is -1.84. The predicted molar refractivity (Wildman–Crippen MR) is 83.2 cm³/mol. The number of carbonyl (C=O) groups is 1. The molecule has 0 aromatic heterocycles. The lowest BCUT2D eigenvalue weighted by Gasteiger charge is -2.20. The average molecular weight is 312 g/mol. The standard InChI is InChI=1S/C15H24N2O3S/c1-4-12(2)11-17(3)15(18)10-7-13-5-8-14(9-6-13)21(16,19)20/h5-6,8-9,12H,4,7,10-11H2,1-3H3,(H2,16,19,20). The average Bonchev–Trinajstić information content (AvgIpc) is 2.43. The second-order valence-corrected chi connectivity index (χ2v) is 7.04. The van der Waals surface area contributed by atoms with E-state index in [9.17, 15) is 13.2 Å². The Labute approximate surface area is 127 Å². The number of rotatable bonds is 7. The van der Waals surface area contributed by atoms with E-state index < -0.39 is 10.0 Å². The zero-order valence-corrected chi connectivity index (χ0v) is 13.7. The van der Waals surface area contributed by atoms with Crippen molar-refractivity contribution in [1.29, 1.82) is 0 Å². The van der Waals surface area contributed by atoms with Crippen LogP contribution in [0.3, 0.4) is 0 Å². The fraction of sp³-hybridized carbons (Fsp3) is 0.533. The number of nitrogens with two attached hydrogens (primary N) is 1. The second-order valence-electron chi connectivity index (χ2n) is 5.48. The minimum atomic E-state index is -3.66. The predicted octanol–water partition coefficient (Wildman–Crippen LogP) is 1.77. The van der Waals surface area contributed by atoms with Crippen LogP contribution in [0, 0.1) is 5.92 Å². The maximum atomic E-state index is 12.0. The van der Waals surface area contributed by atoms with Crippen molar-refractivity contribution < 1.29 is 13.2 Å². The Balaban J connectivity index is 2.53. The topological polar surface area (TPSA) is 80.5 Å². The van der Waals surface area contributed by atoms with Gasteiger partial charge in [-0.25, -0.2) is 13.6 Å². The van der Waals surface area contributed by atoms with Gasteiger partial charge in [-0.15, -0.1) is 0 Å². The normalized spacial score (nSPS) is 13.0. The Morgan fingerprint density at radius 2 is 1.86 bits per heavy atom. The van der Waals surface area contributed by atoms with Crippen molar-refractivity contribution in [2.45, 2.75) is 38.0 Å². The van der Waals surface area contributed by atoms with Gasteiger partial charge in [-0.3, -0.25) is 4.79 Å². The van der Waals surface area contributed by atoms with E-state index in [0.29, 0.717) is 18.8 Å². The summed E-state index contributed by atoms with van der Waals surface area (Å²) in [6.45, 7) is 4.99. The number of aryl methyl sites for hydroxylation is 1. The lowest BCUT2D eigenvalue weighted by atomic mass is 10.1. The highest BCUT2D eigenvalue weighted by atomic mass is 32.2. The van der Waals surface area contributed by atoms with Crippen LogP contribution in [0.1, 0.15) is 32.3 Å². The summed E-state index contributed by atoms with van der Waals surface area (Å²) in [5, 5.41) is 5.04. The summed E-state index contributed by atoms with van der Waals surface area (Å²) in [5.74, 6) is 0.596. The van der Waals surface area contributed by atoms with Gasteiger partial charge in [-0.1, -0.05) is 32.4 Å². The molecule has 2 N–H and O–H groups in total. The second kappa shape index (κ2) is 7.56. The molecule has 1 aromatic carbocycles. The smallest absolute Gasteiger partial charge is 0.238 e. The zero-order valence-electron chi connectivity index (χ0n) is 12.9. The molecule has 0 saturated heterocycles. The van der Waals surface area contributed by atoms with Gasteiger partial charge in [-0.2, -0.15) is 0 Å². The highest BCUT2D eigenvalue weighted by Crippen LogP contribution is 2.11. The fourth-order valence-electron chi connectivity index (χ4n) is 1.99. The first kappa shape index (κ1) is 17.7. The van der Waals surface area contributed by atoms with Crippen LogP contribution in [0.15, 0.2) is 29.2 Å². The molecule has 0 saturated carbocycles. The molecule has 0 aliphatic heterocycles. The Hall–Kier alpha value is -1.40. The molecule has 5 nitrogen and oxygen atoms in total. The number of carbonyl (C=O) groups excluding carboxylic acids is 1. The van der Waals surface area contributed by atoms with Gasteiger partial charge >= 0.3 is 0 Å². The van der Waals surface area contributed by atoms with Gasteiger partial charge < -0.3 is 4.90 Å². The Morgan fingerprint density at radius 3 is 2.33 bits per heavy atom. The van der Waals surface area contributed by atoms with Crippen LogP contribution in [0.25, 0.3) is 0 Å². The largest absolute Gasteiger partial charge is 0.345 e. The molecule has 1 atom stereocenters. The zero-order chi connectivity index (χ0) is 16.0. The van der Waals surface area contributed by atoms with E-state index >= 15 is 0 Å². The van der Waals surface area contributed by atoms with Crippen LogP contribution < -0.4 is 5.14 Å². The Bertz CT molecular complexity index is 567. The van der Waals surface area contributed by atoms with Gasteiger partial charge in [0.15, 0.2) is 0 Å². The molecule has 0 bridgehead atoms. The monoisotopic (exact) mass is 312 g/mol. The molecule has 21 heavy (non-hydrogen) atoms. The Kier molecular flexibility index (Phi) is 6.36. The first-order valence-electron chi connectivity index (χ1n) is 7.09. The van der Waals surface area contributed by atoms with E-state index in [1.165, 1.54) is 12.1 Å². The van der Waals surface area contributed by atoms with E-state index in [1.54, 1.807) is 17.0 Å². The number of hydrogen-bond donors (Lipinski definition) is 1. The van der Waals surface area contributed by atoms with Gasteiger partial charge in [0.25, 0.3) is 0 Å². The highest BCUT2D eigenvalue weighted by molar-refractivity contribution is 7.89. The summed E-state index contributed by atoms with van der Waals surface area (Å²) in [4.78, 5) is 13.9. The summed E-state index contributed by atoms with van der Waals surface area (Å²) < 4.78 is 22.3. The number of amides is 1. The Morgan fingerprint density at radius 1 is 1.29 bits per heavy atom. The molecule has 0 heterocycles. The molecular formula is C15H24N2O3S. The van der Waals surface area contributed by atoms with Crippen molar-refractivity contribution in [3.05, 3.63) is 29.8 Å². The molecule has 1 unspecified atom stereocenters. The summed E-state index contributed by atoms with van der Waals surface area (Å²) >= 11 is 0. The lowest BCUT2D eigenvalue weighted by molar-refractivity contribution is -0.130. The molecular weight excluding hydrogens is 288 g/mol. The third kappa shape index (κ3) is 5.85. The molecule has 0 fully saturated rings. The first-order chi connectivity index (χ1) is 9.74. The highest BCUT2D eigenvalue weighted by Gasteiger charge is 2.12. The van der Waals surface area contributed by atoms with E-state index in [2.05, 4.69) is 13.8 Å². The molecule has 1 amide bonds. The molecule has 1 rings (SSSR count). The van der Waals surface area contributed by atoms with Gasteiger partial charge in [0.1, 0.15) is 0 Å². The molecule has 0 aliphatic carbocycles. The third-order valence-electron chi connectivity index (χ3n) is 3.59. The van der Waals surface area contributed by atoms with Crippen LogP contribution in [0.5, 0.6) is 0 Å². The van der Waals surface area contributed by atoms with Crippen molar-refractivity contribution >= 4 is 15.9 Å². The number of hydrogen-bond acceptors (Lipinski definition) is 3. The summed E-state index contributed by atoms with van der Waals surface area (Å²) in [6.07, 6.45) is 2.06. The van der Waals surface area contributed by atoms with Crippen molar-refractivity contribution in [1.82, 2.24) is 4.90 Å². The van der Waals surface area contributed by atoms with Gasteiger partial charge in [0.05, 0.1) is 4.90 Å². The summed E-state index contributed by atoms with van der Waals surface area (Å²) in [5.41, 5.74) is 0.924. The molecule has 0 radical (unpaired) electrons.